The minimum atomic E-state index is -0.114. The summed E-state index contributed by atoms with van der Waals surface area (Å²) in [6, 6.07) is 13.0. The number of benzene rings is 1. The number of ketones is 1. The van der Waals surface area contributed by atoms with Crippen molar-refractivity contribution >= 4 is 45.9 Å². The average molecular weight is 607 g/mol. The summed E-state index contributed by atoms with van der Waals surface area (Å²) in [4.78, 5) is 26.5. The summed E-state index contributed by atoms with van der Waals surface area (Å²) < 4.78 is 0. The maximum Gasteiger partial charge on any atom is 0.143 e. The van der Waals surface area contributed by atoms with Crippen LogP contribution in [0.5, 0.6) is 0 Å². The van der Waals surface area contributed by atoms with Crippen molar-refractivity contribution in [3.8, 4) is 10.7 Å². The summed E-state index contributed by atoms with van der Waals surface area (Å²) in [6.45, 7) is 10.3. The molecule has 0 spiro atoms. The van der Waals surface area contributed by atoms with Crippen LogP contribution in [0.15, 0.2) is 41.8 Å². The van der Waals surface area contributed by atoms with Gasteiger partial charge in [0.2, 0.25) is 0 Å². The number of rotatable bonds is 10. The summed E-state index contributed by atoms with van der Waals surface area (Å²) in [5, 5.41) is 10.7. The van der Waals surface area contributed by atoms with Crippen LogP contribution < -0.4 is 15.5 Å². The molecule has 3 aliphatic rings. The minimum absolute atomic E-state index is 0.114. The Morgan fingerprint density at radius 2 is 1.76 bits per heavy atom. The van der Waals surface area contributed by atoms with Crippen molar-refractivity contribution in [3.05, 3.63) is 52.5 Å². The lowest BCUT2D eigenvalue weighted by Gasteiger charge is -2.44. The molecule has 1 atom stereocenters. The van der Waals surface area contributed by atoms with Gasteiger partial charge in [-0.1, -0.05) is 44.7 Å². The summed E-state index contributed by atoms with van der Waals surface area (Å²) in [5.74, 6) is 1.72. The number of hydrogen-bond donors (Lipinski definition) is 2. The van der Waals surface area contributed by atoms with Gasteiger partial charge in [-0.25, -0.2) is 9.97 Å². The van der Waals surface area contributed by atoms with Gasteiger partial charge in [0, 0.05) is 67.4 Å². The predicted octanol–water partition coefficient (Wildman–Crippen LogP) is 7.15. The fourth-order valence-electron chi connectivity index (χ4n) is 6.49. The Hall–Kier alpha value is -2.52. The molecule has 1 aromatic carbocycles. The van der Waals surface area contributed by atoms with Crippen LogP contribution in [0.4, 0.5) is 17.2 Å². The molecule has 2 aromatic heterocycles. The molecule has 2 saturated carbocycles. The number of anilines is 3. The Morgan fingerprint density at radius 3 is 2.48 bits per heavy atom. The first-order valence-electron chi connectivity index (χ1n) is 15.6. The number of nitrogens with one attached hydrogen (secondary N) is 2. The lowest BCUT2D eigenvalue weighted by Crippen LogP contribution is -2.49. The fourth-order valence-corrected chi connectivity index (χ4v) is 7.56. The lowest BCUT2D eigenvalue weighted by atomic mass is 9.60. The maximum absolute atomic E-state index is 11.9. The van der Waals surface area contributed by atoms with Gasteiger partial charge in [0.05, 0.1) is 10.7 Å². The van der Waals surface area contributed by atoms with E-state index in [9.17, 15) is 4.79 Å². The zero-order valence-electron chi connectivity index (χ0n) is 24.9. The molecule has 224 valence electrons. The molecule has 6 rings (SSSR count). The number of halogens is 1. The molecular formula is C33H43ClN6OS. The lowest BCUT2D eigenvalue weighted by molar-refractivity contribution is -0.143. The second kappa shape index (κ2) is 13.0. The number of carbonyl (C=O) groups excluding carboxylic acids is 1. The predicted molar refractivity (Wildman–Crippen MR) is 174 cm³/mol. The highest BCUT2D eigenvalue weighted by atomic mass is 35.5. The third-order valence-corrected chi connectivity index (χ3v) is 10.8. The molecule has 0 amide bonds. The quantitative estimate of drug-likeness (QED) is 0.254. The second-order valence-electron chi connectivity index (χ2n) is 12.7. The van der Waals surface area contributed by atoms with Crippen LogP contribution in [-0.4, -0.2) is 59.4 Å². The van der Waals surface area contributed by atoms with E-state index >= 15 is 0 Å². The van der Waals surface area contributed by atoms with Crippen molar-refractivity contribution in [3.63, 3.8) is 0 Å². The van der Waals surface area contributed by atoms with E-state index < -0.39 is 0 Å². The fraction of sp³-hybridized carbons (Fsp3) is 0.545. The number of Topliss-reactive ketones (excluding diaryl/α,β-unsaturated/α-hetero) is 1. The van der Waals surface area contributed by atoms with E-state index in [1.807, 2.05) is 12.1 Å². The molecule has 3 fully saturated rings. The molecular weight excluding hydrogens is 564 g/mol. The standard InChI is InChI=1S/C33H43ClN6OS/c1-33(2)23(20-29(33)41)14-15-39-16-18-40(19-17-39)27-10-8-25(9-11-27)36-30-13-12-28(34)31(38-30)32-37-26(22-42-32)21-35-24-6-4-3-5-7-24/h8-13,22-24,35H,3-7,14-21H2,1-2H3,(H,36,38). The van der Waals surface area contributed by atoms with E-state index in [4.69, 9.17) is 21.6 Å². The molecule has 42 heavy (non-hydrogen) atoms. The van der Waals surface area contributed by atoms with E-state index in [-0.39, 0.29) is 5.41 Å². The Balaban J connectivity index is 1.00. The first kappa shape index (κ1) is 29.5. The van der Waals surface area contributed by atoms with Crippen LogP contribution in [0, 0.1) is 11.3 Å². The Labute approximate surface area is 259 Å². The molecule has 2 N–H and O–H groups in total. The first-order chi connectivity index (χ1) is 20.3. The van der Waals surface area contributed by atoms with Gasteiger partial charge >= 0.3 is 0 Å². The van der Waals surface area contributed by atoms with Crippen LogP contribution in [-0.2, 0) is 11.3 Å². The van der Waals surface area contributed by atoms with Gasteiger partial charge in [-0.15, -0.1) is 11.3 Å². The van der Waals surface area contributed by atoms with Crippen LogP contribution in [0.1, 0.15) is 64.5 Å². The van der Waals surface area contributed by atoms with Gasteiger partial charge in [0.1, 0.15) is 22.3 Å². The zero-order chi connectivity index (χ0) is 29.1. The van der Waals surface area contributed by atoms with Gasteiger partial charge in [-0.2, -0.15) is 0 Å². The Bertz CT molecular complexity index is 1360. The van der Waals surface area contributed by atoms with Crippen LogP contribution in [0.2, 0.25) is 5.02 Å². The Morgan fingerprint density at radius 1 is 1.00 bits per heavy atom. The van der Waals surface area contributed by atoms with Gasteiger partial charge in [-0.05, 0) is 68.1 Å². The van der Waals surface area contributed by atoms with Crippen LogP contribution in [0.25, 0.3) is 10.7 Å². The van der Waals surface area contributed by atoms with Crippen molar-refractivity contribution in [2.75, 3.05) is 42.9 Å². The molecule has 0 bridgehead atoms. The van der Waals surface area contributed by atoms with Gasteiger partial charge < -0.3 is 15.5 Å². The molecule has 2 aliphatic carbocycles. The van der Waals surface area contributed by atoms with E-state index in [0.29, 0.717) is 22.8 Å². The number of hydrogen-bond acceptors (Lipinski definition) is 8. The molecule has 9 heteroatoms. The molecule has 3 heterocycles. The molecule has 0 radical (unpaired) electrons. The monoisotopic (exact) mass is 606 g/mol. The largest absolute Gasteiger partial charge is 0.369 e. The topological polar surface area (TPSA) is 73.4 Å². The number of aromatic nitrogens is 2. The van der Waals surface area contributed by atoms with Crippen molar-refractivity contribution < 1.29 is 4.79 Å². The average Bonchev–Trinajstić information content (AvgIpc) is 3.49. The highest BCUT2D eigenvalue weighted by Crippen LogP contribution is 2.44. The molecule has 1 aliphatic heterocycles. The van der Waals surface area contributed by atoms with Crippen LogP contribution >= 0.6 is 22.9 Å². The van der Waals surface area contributed by atoms with Crippen molar-refractivity contribution in [2.45, 2.75) is 71.4 Å². The molecule has 7 nitrogen and oxygen atoms in total. The number of piperazine rings is 1. The van der Waals surface area contributed by atoms with Gasteiger partial charge in [0.25, 0.3) is 0 Å². The van der Waals surface area contributed by atoms with E-state index in [1.165, 1.54) is 37.8 Å². The van der Waals surface area contributed by atoms with E-state index in [2.05, 4.69) is 63.9 Å². The summed E-state index contributed by atoms with van der Waals surface area (Å²) >= 11 is 8.16. The minimum Gasteiger partial charge on any atom is -0.369 e. The highest BCUT2D eigenvalue weighted by molar-refractivity contribution is 7.13. The Kier molecular flexibility index (Phi) is 9.15. The van der Waals surface area contributed by atoms with Crippen molar-refractivity contribution in [1.29, 1.82) is 0 Å². The van der Waals surface area contributed by atoms with Gasteiger partial charge in [-0.3, -0.25) is 9.69 Å². The molecule has 1 unspecified atom stereocenters. The molecule has 3 aromatic rings. The third-order valence-electron chi connectivity index (χ3n) is 9.62. The summed E-state index contributed by atoms with van der Waals surface area (Å²) in [6.07, 6.45) is 8.43. The third kappa shape index (κ3) is 6.83. The summed E-state index contributed by atoms with van der Waals surface area (Å²) in [5.41, 5.74) is 3.89. The van der Waals surface area contributed by atoms with Crippen LogP contribution in [0.3, 0.4) is 0 Å². The van der Waals surface area contributed by atoms with E-state index in [1.54, 1.807) is 11.3 Å². The van der Waals surface area contributed by atoms with Gasteiger partial charge in [0.15, 0.2) is 0 Å². The highest BCUT2D eigenvalue weighted by Gasteiger charge is 2.46. The number of pyridine rings is 1. The molecule has 1 saturated heterocycles. The maximum atomic E-state index is 11.9. The number of nitrogens with zero attached hydrogens (tertiary/aromatic N) is 4. The number of carbonyl (C=O) groups is 1. The SMILES string of the molecule is CC1(C)C(=O)CC1CCN1CCN(c2ccc(Nc3ccc(Cl)c(-c4nc(CNC5CCCCC5)cs4)n3)cc2)CC1. The summed E-state index contributed by atoms with van der Waals surface area (Å²) in [7, 11) is 0. The smallest absolute Gasteiger partial charge is 0.143 e. The number of thiazole rings is 1. The van der Waals surface area contributed by atoms with Crippen molar-refractivity contribution in [1.82, 2.24) is 20.2 Å². The normalized spacial score (nSPS) is 21.4. The first-order valence-corrected chi connectivity index (χ1v) is 16.8. The second-order valence-corrected chi connectivity index (χ2v) is 14.0. The zero-order valence-corrected chi connectivity index (χ0v) is 26.4. The van der Waals surface area contributed by atoms with Crippen molar-refractivity contribution in [2.24, 2.45) is 11.3 Å². The van der Waals surface area contributed by atoms with E-state index in [0.717, 1.165) is 80.0 Å².